The Morgan fingerprint density at radius 2 is 1.50 bits per heavy atom. The highest BCUT2D eigenvalue weighted by Crippen LogP contribution is 2.38. The zero-order chi connectivity index (χ0) is 32.1. The van der Waals surface area contributed by atoms with Crippen LogP contribution in [0.5, 0.6) is 0 Å². The van der Waals surface area contributed by atoms with Crippen LogP contribution in [0.4, 0.5) is 0 Å². The lowest BCUT2D eigenvalue weighted by Crippen LogP contribution is -2.61. The molecule has 0 spiro atoms. The summed E-state index contributed by atoms with van der Waals surface area (Å²) in [6.07, 6.45) is -6.00. The molecule has 0 radical (unpaired) electrons. The average Bonchev–Trinajstić information content (AvgIpc) is 3.49. The van der Waals surface area contributed by atoms with E-state index in [2.05, 4.69) is 0 Å². The maximum absolute atomic E-state index is 14.3. The minimum atomic E-state index is -1.57. The van der Waals surface area contributed by atoms with Gasteiger partial charge >= 0.3 is 23.9 Å². The van der Waals surface area contributed by atoms with Gasteiger partial charge in [0.05, 0.1) is 12.0 Å². The predicted octanol–water partition coefficient (Wildman–Crippen LogP) is 3.21. The zero-order valence-electron chi connectivity index (χ0n) is 24.6. The fraction of sp³-hybridized carbons (Fsp3) is 0.355. The van der Waals surface area contributed by atoms with Gasteiger partial charge < -0.3 is 28.1 Å². The fourth-order valence-electron chi connectivity index (χ4n) is 4.97. The number of aromatic nitrogens is 1. The molecule has 13 heteroatoms. The number of rotatable bonds is 8. The van der Waals surface area contributed by atoms with Crippen molar-refractivity contribution in [1.29, 1.82) is 5.26 Å². The van der Waals surface area contributed by atoms with Crippen molar-refractivity contribution in [2.24, 2.45) is 0 Å². The maximum Gasteiger partial charge on any atom is 0.303 e. The Morgan fingerprint density at radius 1 is 0.886 bits per heavy atom. The second-order valence-corrected chi connectivity index (χ2v) is 10.0. The Kier molecular flexibility index (Phi) is 9.65. The molecule has 5 atom stereocenters. The number of benzene rings is 1. The molecular formula is C31H30N2O11. The topological polar surface area (TPSA) is 173 Å². The van der Waals surface area contributed by atoms with Crippen molar-refractivity contribution in [2.45, 2.75) is 65.3 Å². The molecule has 1 aliphatic rings. The lowest BCUT2D eigenvalue weighted by Gasteiger charge is -2.45. The maximum atomic E-state index is 14.3. The normalized spacial score (nSPS) is 21.0. The number of aryl methyl sites for hydroxylation is 1. The summed E-state index contributed by atoms with van der Waals surface area (Å²) in [5.74, 6) is -2.90. The highest BCUT2D eigenvalue weighted by Gasteiger charge is 2.53. The quantitative estimate of drug-likeness (QED) is 0.271. The van der Waals surface area contributed by atoms with E-state index in [9.17, 15) is 29.2 Å². The molecule has 13 nitrogen and oxygen atoms in total. The summed E-state index contributed by atoms with van der Waals surface area (Å²) in [6.45, 7) is 5.84. The van der Waals surface area contributed by atoms with Gasteiger partial charge in [-0.3, -0.25) is 28.5 Å². The van der Waals surface area contributed by atoms with E-state index in [-0.39, 0.29) is 22.6 Å². The summed E-state index contributed by atoms with van der Waals surface area (Å²) in [5.41, 5.74) is 0.690. The standard InChI is InChI=1S/C31H30N2O11/c1-16-8-10-21(11-9-16)24-13-22(25-7-6-12-39-25)23(14-32)30(38)33(24)31-29(43-20(5)37)28(42-19(4)36)27(41-18(3)35)26(44-31)15-40-17(2)34/h6-13,26-29,31H,15H2,1-5H3/t26-,27+,28+,29-,31-/m0/s1. The SMILES string of the molecule is CC(=O)OC[C@@H]1O[C@H](n2c(-c3ccc(C)cc3)cc(-c3ccco3)c(C#N)c2=O)[C@@H](OC(C)=O)[C@H](OC(C)=O)[C@@H]1OC(C)=O. The van der Waals surface area contributed by atoms with Gasteiger partial charge in [-0.15, -0.1) is 0 Å². The van der Waals surface area contributed by atoms with E-state index < -0.39 is 66.7 Å². The van der Waals surface area contributed by atoms with Crippen LogP contribution in [0.25, 0.3) is 22.6 Å². The molecule has 1 saturated heterocycles. The van der Waals surface area contributed by atoms with Gasteiger partial charge in [0.2, 0.25) is 0 Å². The molecule has 3 aromatic rings. The number of nitriles is 1. The van der Waals surface area contributed by atoms with E-state index >= 15 is 0 Å². The van der Waals surface area contributed by atoms with Gasteiger partial charge in [0.25, 0.3) is 5.56 Å². The van der Waals surface area contributed by atoms with Gasteiger partial charge in [0.1, 0.15) is 30.1 Å². The summed E-state index contributed by atoms with van der Waals surface area (Å²) < 4.78 is 34.6. The van der Waals surface area contributed by atoms with E-state index in [4.69, 9.17) is 28.1 Å². The van der Waals surface area contributed by atoms with Gasteiger partial charge in [0, 0.05) is 33.3 Å². The van der Waals surface area contributed by atoms with Crippen LogP contribution < -0.4 is 5.56 Å². The number of ether oxygens (including phenoxy) is 5. The first-order chi connectivity index (χ1) is 20.9. The Hall–Kier alpha value is -5.22. The van der Waals surface area contributed by atoms with E-state index in [0.29, 0.717) is 5.56 Å². The van der Waals surface area contributed by atoms with Crippen molar-refractivity contribution in [2.75, 3.05) is 6.61 Å². The summed E-state index contributed by atoms with van der Waals surface area (Å²) in [5, 5.41) is 10.1. The molecule has 0 aliphatic carbocycles. The van der Waals surface area contributed by atoms with E-state index in [1.165, 1.54) is 6.26 Å². The van der Waals surface area contributed by atoms with Crippen LogP contribution in [0.2, 0.25) is 0 Å². The van der Waals surface area contributed by atoms with Gasteiger partial charge in [-0.05, 0) is 30.7 Å². The third-order valence-electron chi connectivity index (χ3n) is 6.71. The number of pyridine rings is 1. The van der Waals surface area contributed by atoms with Crippen molar-refractivity contribution >= 4 is 23.9 Å². The molecule has 3 heterocycles. The Labute approximate surface area is 251 Å². The third kappa shape index (κ3) is 6.87. The van der Waals surface area contributed by atoms with Crippen LogP contribution in [-0.2, 0) is 42.9 Å². The molecule has 4 rings (SSSR count). The van der Waals surface area contributed by atoms with Gasteiger partial charge in [-0.2, -0.15) is 5.26 Å². The smallest absolute Gasteiger partial charge is 0.303 e. The van der Waals surface area contributed by atoms with Crippen molar-refractivity contribution in [1.82, 2.24) is 4.57 Å². The number of carbonyl (C=O) groups is 4. The third-order valence-corrected chi connectivity index (χ3v) is 6.71. The molecule has 0 amide bonds. The first-order valence-corrected chi connectivity index (χ1v) is 13.5. The Morgan fingerprint density at radius 3 is 2.05 bits per heavy atom. The molecule has 1 aromatic carbocycles. The molecule has 0 bridgehead atoms. The van der Waals surface area contributed by atoms with E-state index in [0.717, 1.165) is 37.8 Å². The summed E-state index contributed by atoms with van der Waals surface area (Å²) >= 11 is 0. The van der Waals surface area contributed by atoms with Gasteiger partial charge in [-0.25, -0.2) is 0 Å². The second-order valence-electron chi connectivity index (χ2n) is 10.0. The fourth-order valence-corrected chi connectivity index (χ4v) is 4.97. The van der Waals surface area contributed by atoms with E-state index in [1.54, 1.807) is 30.3 Å². The number of nitrogens with zero attached hydrogens (tertiary/aromatic N) is 2. The van der Waals surface area contributed by atoms with Crippen LogP contribution in [-0.4, -0.2) is 59.5 Å². The summed E-state index contributed by atoms with van der Waals surface area (Å²) in [7, 11) is 0. The second kappa shape index (κ2) is 13.4. The molecule has 0 N–H and O–H groups in total. The molecule has 1 aliphatic heterocycles. The predicted molar refractivity (Wildman–Crippen MR) is 150 cm³/mol. The molecule has 0 saturated carbocycles. The molecule has 2 aromatic heterocycles. The molecule has 44 heavy (non-hydrogen) atoms. The van der Waals surface area contributed by atoms with Gasteiger partial charge in [-0.1, -0.05) is 29.8 Å². The average molecular weight is 607 g/mol. The van der Waals surface area contributed by atoms with Crippen molar-refractivity contribution in [3.8, 4) is 28.7 Å². The highest BCUT2D eigenvalue weighted by atomic mass is 16.7. The lowest BCUT2D eigenvalue weighted by atomic mass is 9.95. The van der Waals surface area contributed by atoms with Crippen LogP contribution in [0, 0.1) is 18.3 Å². The molecule has 0 unspecified atom stereocenters. The summed E-state index contributed by atoms with van der Waals surface area (Å²) in [6, 6.07) is 13.8. The Balaban J connectivity index is 2.04. The van der Waals surface area contributed by atoms with Crippen LogP contribution in [0.1, 0.15) is 45.0 Å². The summed E-state index contributed by atoms with van der Waals surface area (Å²) in [4.78, 5) is 62.9. The van der Waals surface area contributed by atoms with Crippen LogP contribution in [0.15, 0.2) is 57.9 Å². The number of furan rings is 1. The van der Waals surface area contributed by atoms with Crippen molar-refractivity contribution < 1.29 is 47.3 Å². The monoisotopic (exact) mass is 606 g/mol. The largest absolute Gasteiger partial charge is 0.464 e. The molecular weight excluding hydrogens is 576 g/mol. The van der Waals surface area contributed by atoms with Gasteiger partial charge in [0.15, 0.2) is 24.5 Å². The van der Waals surface area contributed by atoms with Crippen molar-refractivity contribution in [3.05, 3.63) is 70.2 Å². The molecule has 230 valence electrons. The molecule has 1 fully saturated rings. The lowest BCUT2D eigenvalue weighted by molar-refractivity contribution is -0.268. The first-order valence-electron chi connectivity index (χ1n) is 13.5. The first kappa shape index (κ1) is 31.7. The minimum Gasteiger partial charge on any atom is -0.464 e. The zero-order valence-corrected chi connectivity index (χ0v) is 24.6. The van der Waals surface area contributed by atoms with Crippen LogP contribution >= 0.6 is 0 Å². The number of esters is 4. The highest BCUT2D eigenvalue weighted by molar-refractivity contribution is 5.73. The van der Waals surface area contributed by atoms with Crippen LogP contribution in [0.3, 0.4) is 0 Å². The van der Waals surface area contributed by atoms with E-state index in [1.807, 2.05) is 25.1 Å². The number of hydrogen-bond acceptors (Lipinski definition) is 12. The van der Waals surface area contributed by atoms with Crippen molar-refractivity contribution in [3.63, 3.8) is 0 Å². The Bertz CT molecular complexity index is 1650. The number of hydrogen-bond donors (Lipinski definition) is 0. The number of carbonyl (C=O) groups excluding carboxylic acids is 4. The minimum absolute atomic E-state index is 0.194.